The summed E-state index contributed by atoms with van der Waals surface area (Å²) in [5.74, 6) is -0.308. The molecule has 0 aliphatic carbocycles. The van der Waals surface area contributed by atoms with Crippen LogP contribution in [0.1, 0.15) is 11.1 Å². The molecule has 0 saturated carbocycles. The number of nitrogens with zero attached hydrogens (tertiary/aromatic N) is 1. The zero-order chi connectivity index (χ0) is 16.8. The molecule has 2 aromatic rings. The van der Waals surface area contributed by atoms with E-state index in [1.807, 2.05) is 31.2 Å². The highest BCUT2D eigenvalue weighted by atomic mass is 32.2. The summed E-state index contributed by atoms with van der Waals surface area (Å²) in [7, 11) is 0. The molecule has 7 heteroatoms. The zero-order valence-corrected chi connectivity index (χ0v) is 13.2. The normalized spacial score (nSPS) is 10.3. The van der Waals surface area contributed by atoms with Crippen molar-refractivity contribution in [3.63, 3.8) is 0 Å². The summed E-state index contributed by atoms with van der Waals surface area (Å²) in [4.78, 5) is 21.9. The van der Waals surface area contributed by atoms with Crippen molar-refractivity contribution >= 4 is 29.0 Å². The SMILES string of the molecule is Cc1cccc(CSCC(=O)Nc2cc([N+](=O)[O-])ccc2F)c1. The maximum atomic E-state index is 13.6. The number of rotatable bonds is 6. The number of aryl methyl sites for hydroxylation is 1. The number of carbonyl (C=O) groups excluding carboxylic acids is 1. The molecule has 5 nitrogen and oxygen atoms in total. The first-order valence-corrected chi connectivity index (χ1v) is 7.98. The fourth-order valence-electron chi connectivity index (χ4n) is 1.97. The highest BCUT2D eigenvalue weighted by Gasteiger charge is 2.13. The van der Waals surface area contributed by atoms with Gasteiger partial charge in [-0.15, -0.1) is 11.8 Å². The van der Waals surface area contributed by atoms with E-state index in [4.69, 9.17) is 0 Å². The van der Waals surface area contributed by atoms with Crippen LogP contribution in [0, 0.1) is 22.9 Å². The molecule has 0 heterocycles. The lowest BCUT2D eigenvalue weighted by atomic mass is 10.2. The van der Waals surface area contributed by atoms with Crippen molar-refractivity contribution in [2.24, 2.45) is 0 Å². The number of hydrogen-bond acceptors (Lipinski definition) is 4. The highest BCUT2D eigenvalue weighted by molar-refractivity contribution is 7.99. The number of nitro groups is 1. The van der Waals surface area contributed by atoms with Crippen LogP contribution in [0.5, 0.6) is 0 Å². The van der Waals surface area contributed by atoms with Gasteiger partial charge in [0.25, 0.3) is 5.69 Å². The topological polar surface area (TPSA) is 72.2 Å². The van der Waals surface area contributed by atoms with Crippen LogP contribution in [0.25, 0.3) is 0 Å². The Balaban J connectivity index is 1.90. The number of non-ortho nitro benzene ring substituents is 1. The molecule has 0 aliphatic rings. The lowest BCUT2D eigenvalue weighted by Crippen LogP contribution is -2.15. The first kappa shape index (κ1) is 17.0. The first-order valence-electron chi connectivity index (χ1n) is 6.83. The number of hydrogen-bond donors (Lipinski definition) is 1. The second-order valence-corrected chi connectivity index (χ2v) is 5.94. The molecule has 0 aliphatic heterocycles. The number of amides is 1. The van der Waals surface area contributed by atoms with Crippen LogP contribution in [-0.4, -0.2) is 16.6 Å². The zero-order valence-electron chi connectivity index (χ0n) is 12.4. The smallest absolute Gasteiger partial charge is 0.271 e. The van der Waals surface area contributed by atoms with E-state index >= 15 is 0 Å². The van der Waals surface area contributed by atoms with Gasteiger partial charge in [0.05, 0.1) is 16.4 Å². The molecular weight excluding hydrogens is 319 g/mol. The second kappa shape index (κ2) is 7.73. The van der Waals surface area contributed by atoms with Gasteiger partial charge in [-0.05, 0) is 18.6 Å². The summed E-state index contributed by atoms with van der Waals surface area (Å²) in [6, 6.07) is 11.0. The van der Waals surface area contributed by atoms with Gasteiger partial charge < -0.3 is 5.32 Å². The maximum Gasteiger partial charge on any atom is 0.271 e. The summed E-state index contributed by atoms with van der Waals surface area (Å²) in [5, 5.41) is 13.0. The average molecular weight is 334 g/mol. The Morgan fingerprint density at radius 2 is 2.09 bits per heavy atom. The Morgan fingerprint density at radius 1 is 1.30 bits per heavy atom. The van der Waals surface area contributed by atoms with Crippen LogP contribution >= 0.6 is 11.8 Å². The standard InChI is InChI=1S/C16H15FN2O3S/c1-11-3-2-4-12(7-11)9-23-10-16(20)18-15-8-13(19(21)22)5-6-14(15)17/h2-8H,9-10H2,1H3,(H,18,20). The first-order chi connectivity index (χ1) is 11.0. The number of carbonyl (C=O) groups is 1. The van der Waals surface area contributed by atoms with Gasteiger partial charge in [0, 0.05) is 17.9 Å². The van der Waals surface area contributed by atoms with Crippen molar-refractivity contribution < 1.29 is 14.1 Å². The second-order valence-electron chi connectivity index (χ2n) is 4.95. The minimum atomic E-state index is -0.701. The van der Waals surface area contributed by atoms with Gasteiger partial charge in [0.2, 0.25) is 5.91 Å². The van der Waals surface area contributed by atoms with Gasteiger partial charge in [-0.2, -0.15) is 0 Å². The lowest BCUT2D eigenvalue weighted by molar-refractivity contribution is -0.384. The van der Waals surface area contributed by atoms with Crippen molar-refractivity contribution in [2.45, 2.75) is 12.7 Å². The Hall–Kier alpha value is -2.41. The Bertz CT molecular complexity index is 737. The Kier molecular flexibility index (Phi) is 5.70. The fourth-order valence-corrected chi connectivity index (χ4v) is 2.75. The Morgan fingerprint density at radius 3 is 2.78 bits per heavy atom. The number of benzene rings is 2. The van der Waals surface area contributed by atoms with E-state index in [-0.39, 0.29) is 17.1 Å². The van der Waals surface area contributed by atoms with Crippen molar-refractivity contribution in [2.75, 3.05) is 11.1 Å². The van der Waals surface area contributed by atoms with E-state index in [2.05, 4.69) is 5.32 Å². The number of anilines is 1. The number of thioether (sulfide) groups is 1. The molecule has 0 aromatic heterocycles. The van der Waals surface area contributed by atoms with Gasteiger partial charge in [0.15, 0.2) is 0 Å². The predicted molar refractivity (Wildman–Crippen MR) is 89.0 cm³/mol. The largest absolute Gasteiger partial charge is 0.323 e. The maximum absolute atomic E-state index is 13.6. The molecule has 0 fully saturated rings. The lowest BCUT2D eigenvalue weighted by Gasteiger charge is -2.07. The molecule has 1 amide bonds. The number of nitro benzene ring substituents is 1. The van der Waals surface area contributed by atoms with Gasteiger partial charge >= 0.3 is 0 Å². The van der Waals surface area contributed by atoms with Crippen molar-refractivity contribution in [3.8, 4) is 0 Å². The molecule has 120 valence electrons. The van der Waals surface area contributed by atoms with E-state index < -0.39 is 16.6 Å². The van der Waals surface area contributed by atoms with Crippen LogP contribution in [0.15, 0.2) is 42.5 Å². The van der Waals surface area contributed by atoms with Crippen LogP contribution in [0.2, 0.25) is 0 Å². The van der Waals surface area contributed by atoms with Crippen LogP contribution in [0.4, 0.5) is 15.8 Å². The molecule has 1 N–H and O–H groups in total. The molecule has 23 heavy (non-hydrogen) atoms. The molecule has 0 radical (unpaired) electrons. The summed E-state index contributed by atoms with van der Waals surface area (Å²) in [5.41, 5.74) is 1.80. The van der Waals surface area contributed by atoms with Crippen molar-refractivity contribution in [1.29, 1.82) is 0 Å². The fraction of sp³-hybridized carbons (Fsp3) is 0.188. The molecule has 2 rings (SSSR count). The van der Waals surface area contributed by atoms with Crippen LogP contribution in [-0.2, 0) is 10.5 Å². The number of halogens is 1. The van der Waals surface area contributed by atoms with E-state index in [0.717, 1.165) is 29.3 Å². The summed E-state index contributed by atoms with van der Waals surface area (Å²) >= 11 is 1.39. The third kappa shape index (κ3) is 5.07. The number of nitrogens with one attached hydrogen (secondary N) is 1. The summed E-state index contributed by atoms with van der Waals surface area (Å²) < 4.78 is 13.6. The van der Waals surface area contributed by atoms with E-state index in [1.54, 1.807) is 0 Å². The third-order valence-corrected chi connectivity index (χ3v) is 4.02. The molecule has 0 unspecified atom stereocenters. The highest BCUT2D eigenvalue weighted by Crippen LogP contribution is 2.21. The third-order valence-electron chi connectivity index (χ3n) is 3.02. The quantitative estimate of drug-likeness (QED) is 0.642. The molecule has 0 atom stereocenters. The van der Waals surface area contributed by atoms with Gasteiger partial charge in [-0.25, -0.2) is 4.39 Å². The van der Waals surface area contributed by atoms with Gasteiger partial charge in [0.1, 0.15) is 5.82 Å². The minimum Gasteiger partial charge on any atom is -0.323 e. The van der Waals surface area contributed by atoms with E-state index in [9.17, 15) is 19.3 Å². The molecule has 0 bridgehead atoms. The van der Waals surface area contributed by atoms with Crippen molar-refractivity contribution in [3.05, 3.63) is 69.5 Å². The predicted octanol–water partition coefficient (Wildman–Crippen LogP) is 3.91. The van der Waals surface area contributed by atoms with Crippen LogP contribution < -0.4 is 5.32 Å². The summed E-state index contributed by atoms with van der Waals surface area (Å²) in [6.07, 6.45) is 0. The van der Waals surface area contributed by atoms with Crippen LogP contribution in [0.3, 0.4) is 0 Å². The molecule has 0 spiro atoms. The average Bonchev–Trinajstić information content (AvgIpc) is 2.49. The van der Waals surface area contributed by atoms with Crippen molar-refractivity contribution in [1.82, 2.24) is 0 Å². The molecular formula is C16H15FN2O3S. The minimum absolute atomic E-state index is 0.135. The molecule has 0 saturated heterocycles. The van der Waals surface area contributed by atoms with Gasteiger partial charge in [-0.1, -0.05) is 29.8 Å². The summed E-state index contributed by atoms with van der Waals surface area (Å²) in [6.45, 7) is 1.99. The Labute approximate surface area is 137 Å². The monoisotopic (exact) mass is 334 g/mol. The van der Waals surface area contributed by atoms with Gasteiger partial charge in [-0.3, -0.25) is 14.9 Å². The van der Waals surface area contributed by atoms with E-state index in [0.29, 0.717) is 5.75 Å². The molecule has 2 aromatic carbocycles. The van der Waals surface area contributed by atoms with E-state index in [1.165, 1.54) is 11.8 Å².